The molecule has 0 aliphatic heterocycles. The van der Waals surface area contributed by atoms with E-state index in [1.165, 1.54) is 0 Å². The summed E-state index contributed by atoms with van der Waals surface area (Å²) in [6.07, 6.45) is 1.74. The van der Waals surface area contributed by atoms with Gasteiger partial charge in [-0.2, -0.15) is 0 Å². The first-order valence-corrected chi connectivity index (χ1v) is 5.90. The van der Waals surface area contributed by atoms with Gasteiger partial charge in [-0.15, -0.1) is 0 Å². The molecule has 0 spiro atoms. The number of rotatable bonds is 2. The molecule has 1 aromatic heterocycles. The Labute approximate surface area is 108 Å². The van der Waals surface area contributed by atoms with Crippen molar-refractivity contribution in [3.63, 3.8) is 0 Å². The summed E-state index contributed by atoms with van der Waals surface area (Å²) >= 11 is 0. The molecule has 2 aromatic rings. The van der Waals surface area contributed by atoms with Crippen molar-refractivity contribution < 1.29 is 8.68 Å². The zero-order valence-corrected chi connectivity index (χ0v) is 10.6. The van der Waals surface area contributed by atoms with Crippen LogP contribution < -0.4 is 4.57 Å². The second-order valence-electron chi connectivity index (χ2n) is 4.66. The molecular formula is C16H20N+. The van der Waals surface area contributed by atoms with E-state index in [1.807, 2.05) is 48.0 Å². The lowest BCUT2D eigenvalue weighted by Gasteiger charge is -2.09. The molecule has 2 rings (SSSR count). The van der Waals surface area contributed by atoms with Gasteiger partial charge in [-0.25, -0.2) is 4.57 Å². The van der Waals surface area contributed by atoms with Crippen LogP contribution in [-0.4, -0.2) is 0 Å². The Morgan fingerprint density at radius 3 is 2.47 bits per heavy atom. The summed E-state index contributed by atoms with van der Waals surface area (Å²) in [5.74, 6) is 0.341. The third-order valence-electron chi connectivity index (χ3n) is 2.99. The fraction of sp³-hybridized carbons (Fsp3) is 0.312. The van der Waals surface area contributed by atoms with Gasteiger partial charge >= 0.3 is 0 Å². The molecule has 88 valence electrons. The average Bonchev–Trinajstić information content (AvgIpc) is 2.38. The molecule has 0 saturated heterocycles. The summed E-state index contributed by atoms with van der Waals surface area (Å²) in [4.78, 5) is 0. The van der Waals surface area contributed by atoms with Crippen LogP contribution >= 0.6 is 0 Å². The Morgan fingerprint density at radius 2 is 1.88 bits per heavy atom. The van der Waals surface area contributed by atoms with Crippen LogP contribution in [0.4, 0.5) is 0 Å². The quantitative estimate of drug-likeness (QED) is 0.693. The van der Waals surface area contributed by atoms with E-state index in [2.05, 4.69) is 13.8 Å². The lowest BCUT2D eigenvalue weighted by atomic mass is 9.98. The molecule has 0 aliphatic carbocycles. The highest BCUT2D eigenvalue weighted by molar-refractivity contribution is 5.66. The first kappa shape index (κ1) is 8.46. The van der Waals surface area contributed by atoms with Crippen LogP contribution in [0.15, 0.2) is 42.6 Å². The molecule has 0 aliphatic rings. The number of nitrogens with zero attached hydrogens (tertiary/aromatic N) is 1. The Kier molecular flexibility index (Phi) is 2.34. The van der Waals surface area contributed by atoms with Gasteiger partial charge in [-0.1, -0.05) is 44.2 Å². The molecule has 0 atom stereocenters. The minimum Gasteiger partial charge on any atom is -0.205 e. The van der Waals surface area contributed by atoms with E-state index in [-0.39, 0.29) is 0 Å². The molecule has 0 saturated carbocycles. The normalized spacial score (nSPS) is 14.2. The van der Waals surface area contributed by atoms with Crippen LogP contribution in [0.5, 0.6) is 0 Å². The summed E-state index contributed by atoms with van der Waals surface area (Å²) in [5.41, 5.74) is 3.26. The molecule has 0 N–H and O–H groups in total. The Bertz CT molecular complexity index is 601. The van der Waals surface area contributed by atoms with Gasteiger partial charge in [0, 0.05) is 21.7 Å². The van der Waals surface area contributed by atoms with Gasteiger partial charge in [0.1, 0.15) is 7.05 Å². The van der Waals surface area contributed by atoms with Gasteiger partial charge in [0.15, 0.2) is 11.9 Å². The molecule has 1 heteroatoms. The monoisotopic (exact) mass is 229 g/mol. The van der Waals surface area contributed by atoms with Crippen molar-refractivity contribution in [3.8, 4) is 11.1 Å². The zero-order valence-electron chi connectivity index (χ0n) is 13.6. The molecule has 0 fully saturated rings. The van der Waals surface area contributed by atoms with Crippen molar-refractivity contribution in [2.45, 2.75) is 26.6 Å². The topological polar surface area (TPSA) is 3.88 Å². The van der Waals surface area contributed by atoms with Crippen LogP contribution in [0, 0.1) is 6.85 Å². The van der Waals surface area contributed by atoms with Crippen LogP contribution in [0.1, 0.15) is 35.1 Å². The van der Waals surface area contributed by atoms with E-state index in [9.17, 15) is 0 Å². The maximum Gasteiger partial charge on any atom is 0.184 e. The third kappa shape index (κ3) is 2.38. The van der Waals surface area contributed by atoms with E-state index in [4.69, 9.17) is 4.11 Å². The lowest BCUT2D eigenvalue weighted by Crippen LogP contribution is -2.34. The number of benzene rings is 1. The van der Waals surface area contributed by atoms with Crippen molar-refractivity contribution in [1.82, 2.24) is 0 Å². The number of aromatic nitrogens is 1. The summed E-state index contributed by atoms with van der Waals surface area (Å²) in [6, 6.07) is 11.7. The summed E-state index contributed by atoms with van der Waals surface area (Å²) in [5, 5.41) is 0. The molecule has 1 nitrogen and oxygen atoms in total. The van der Waals surface area contributed by atoms with E-state index >= 15 is 0 Å². The number of hydrogen-bond acceptors (Lipinski definition) is 0. The summed E-state index contributed by atoms with van der Waals surface area (Å²) in [7, 11) is 1.90. The fourth-order valence-electron chi connectivity index (χ4n) is 2.10. The predicted molar refractivity (Wildman–Crippen MR) is 71.9 cm³/mol. The lowest BCUT2D eigenvalue weighted by molar-refractivity contribution is -0.680. The Hall–Kier alpha value is -1.63. The van der Waals surface area contributed by atoms with Crippen molar-refractivity contribution in [2.75, 3.05) is 0 Å². The van der Waals surface area contributed by atoms with Crippen LogP contribution in [0.3, 0.4) is 0 Å². The van der Waals surface area contributed by atoms with E-state index in [0.717, 1.165) is 16.8 Å². The minimum atomic E-state index is -2.11. The van der Waals surface area contributed by atoms with Crippen molar-refractivity contribution in [2.24, 2.45) is 7.05 Å². The van der Waals surface area contributed by atoms with Gasteiger partial charge in [0.05, 0.1) is 0 Å². The molecular weight excluding hydrogens is 206 g/mol. The smallest absolute Gasteiger partial charge is 0.184 e. The molecule has 0 bridgehead atoms. The van der Waals surface area contributed by atoms with Gasteiger partial charge < -0.3 is 0 Å². The molecule has 0 unspecified atom stereocenters. The van der Waals surface area contributed by atoms with Gasteiger partial charge in [0.25, 0.3) is 0 Å². The van der Waals surface area contributed by atoms with Gasteiger partial charge in [-0.05, 0) is 18.0 Å². The maximum absolute atomic E-state index is 7.76. The van der Waals surface area contributed by atoms with Crippen molar-refractivity contribution in [1.29, 1.82) is 0 Å². The molecule has 17 heavy (non-hydrogen) atoms. The van der Waals surface area contributed by atoms with Crippen LogP contribution in [-0.2, 0) is 7.05 Å². The SMILES string of the molecule is [2H]C([2H])([2H])c1c[n+](C)c(C(C)C)cc1-c1ccccc1. The molecule has 0 radical (unpaired) electrons. The first-order valence-electron chi connectivity index (χ1n) is 7.40. The van der Waals surface area contributed by atoms with Crippen molar-refractivity contribution >= 4 is 0 Å². The second kappa shape index (κ2) is 4.70. The molecule has 0 amide bonds. The van der Waals surface area contributed by atoms with Crippen LogP contribution in [0.2, 0.25) is 0 Å². The Balaban J connectivity index is 2.72. The highest BCUT2D eigenvalue weighted by atomic mass is 14.9. The average molecular weight is 229 g/mol. The minimum absolute atomic E-state index is 0.341. The largest absolute Gasteiger partial charge is 0.205 e. The summed E-state index contributed by atoms with van der Waals surface area (Å²) in [6.45, 7) is 2.11. The number of aryl methyl sites for hydroxylation is 2. The highest BCUT2D eigenvalue weighted by Gasteiger charge is 2.15. The maximum atomic E-state index is 7.76. The number of pyridine rings is 1. The standard InChI is InChI=1S/C16H20N/c1-12(2)16-10-15(13(3)11-17(16)4)14-8-6-5-7-9-14/h5-12H,1-4H3/q+1/i3D3. The van der Waals surface area contributed by atoms with E-state index in [1.54, 1.807) is 6.20 Å². The second-order valence-corrected chi connectivity index (χ2v) is 4.66. The third-order valence-corrected chi connectivity index (χ3v) is 2.99. The molecule has 1 heterocycles. The van der Waals surface area contributed by atoms with Crippen LogP contribution in [0.25, 0.3) is 11.1 Å². The van der Waals surface area contributed by atoms with Crippen molar-refractivity contribution in [3.05, 3.63) is 53.9 Å². The predicted octanol–water partition coefficient (Wildman–Crippen LogP) is 3.61. The first-order chi connectivity index (χ1) is 9.30. The fourth-order valence-corrected chi connectivity index (χ4v) is 2.10. The highest BCUT2D eigenvalue weighted by Crippen LogP contribution is 2.24. The number of hydrogen-bond donors (Lipinski definition) is 0. The Morgan fingerprint density at radius 1 is 1.18 bits per heavy atom. The summed E-state index contributed by atoms with van der Waals surface area (Å²) < 4.78 is 25.2. The van der Waals surface area contributed by atoms with E-state index in [0.29, 0.717) is 11.5 Å². The van der Waals surface area contributed by atoms with E-state index < -0.39 is 6.85 Å². The molecule has 1 aromatic carbocycles. The van der Waals surface area contributed by atoms with Gasteiger partial charge in [-0.3, -0.25) is 0 Å². The zero-order chi connectivity index (χ0) is 14.9. The van der Waals surface area contributed by atoms with Gasteiger partial charge in [0.2, 0.25) is 0 Å².